The van der Waals surface area contributed by atoms with Crippen molar-refractivity contribution in [1.29, 1.82) is 0 Å². The molecule has 2 aromatic carbocycles. The summed E-state index contributed by atoms with van der Waals surface area (Å²) >= 11 is 0. The lowest BCUT2D eigenvalue weighted by atomic mass is 9.83. The molecule has 2 heterocycles. The Bertz CT molecular complexity index is 1330. The van der Waals surface area contributed by atoms with Gasteiger partial charge >= 0.3 is 11.6 Å². The van der Waals surface area contributed by atoms with E-state index in [1.54, 1.807) is 18.2 Å². The number of nitrogens with zero attached hydrogens (tertiary/aromatic N) is 1. The number of allylic oxidation sites excluding steroid dienone is 1. The molecule has 0 saturated heterocycles. The van der Waals surface area contributed by atoms with Crippen LogP contribution in [0.2, 0.25) is 0 Å². The second-order valence-electron chi connectivity index (χ2n) is 8.55. The van der Waals surface area contributed by atoms with Crippen LogP contribution in [0.4, 0.5) is 5.69 Å². The van der Waals surface area contributed by atoms with Crippen LogP contribution < -0.4 is 15.3 Å². The minimum atomic E-state index is -0.671. The van der Waals surface area contributed by atoms with E-state index in [-0.39, 0.29) is 24.4 Å². The van der Waals surface area contributed by atoms with Crippen molar-refractivity contribution in [2.24, 2.45) is 0 Å². The molecule has 1 aliphatic heterocycles. The summed E-state index contributed by atoms with van der Waals surface area (Å²) in [7, 11) is 1.92. The van der Waals surface area contributed by atoms with Crippen molar-refractivity contribution in [3.8, 4) is 5.75 Å². The second kappa shape index (κ2) is 8.58. The van der Waals surface area contributed by atoms with Crippen molar-refractivity contribution in [2.75, 3.05) is 25.2 Å². The number of likely N-dealkylation sites (N-methyl/N-ethyl adjacent to an activating group) is 1. The predicted molar refractivity (Wildman–Crippen MR) is 125 cm³/mol. The summed E-state index contributed by atoms with van der Waals surface area (Å²) < 4.78 is 15.7. The van der Waals surface area contributed by atoms with Gasteiger partial charge in [0.2, 0.25) is 0 Å². The highest BCUT2D eigenvalue weighted by molar-refractivity contribution is 5.94. The number of para-hydroxylation sites is 1. The zero-order chi connectivity index (χ0) is 23.8. The van der Waals surface area contributed by atoms with Crippen LogP contribution in [-0.2, 0) is 19.7 Å². The molecule has 170 valence electrons. The number of fused-ring (bicyclic) bond motifs is 2. The molecule has 0 spiro atoms. The molecule has 7 nitrogen and oxygen atoms in total. The number of esters is 1. The summed E-state index contributed by atoms with van der Waals surface area (Å²) in [6, 6.07) is 14.4. The highest BCUT2D eigenvalue weighted by atomic mass is 16.6. The molecule has 1 aromatic heterocycles. The molecule has 33 heavy (non-hydrogen) atoms. The molecule has 0 N–H and O–H groups in total. The van der Waals surface area contributed by atoms with Crippen molar-refractivity contribution < 1.29 is 23.5 Å². The number of hydrogen-bond acceptors (Lipinski definition) is 7. The summed E-state index contributed by atoms with van der Waals surface area (Å²) in [5.74, 6) is -0.627. The Kier molecular flexibility index (Phi) is 5.80. The summed E-state index contributed by atoms with van der Waals surface area (Å²) in [5.41, 5.74) is 3.40. The maximum absolute atomic E-state index is 12.5. The molecule has 3 aromatic rings. The van der Waals surface area contributed by atoms with Gasteiger partial charge in [0.05, 0.1) is 0 Å². The molecule has 0 radical (unpaired) electrons. The SMILES string of the molecule is Cc1cc(=O)oc2cc(OCC(=O)OCC(=O)C=C3N(C)c4ccccc4C3(C)C)ccc12. The van der Waals surface area contributed by atoms with E-state index >= 15 is 0 Å². The van der Waals surface area contributed by atoms with Gasteiger partial charge in [0.15, 0.2) is 19.0 Å². The zero-order valence-electron chi connectivity index (χ0n) is 19.0. The van der Waals surface area contributed by atoms with Crippen molar-refractivity contribution in [2.45, 2.75) is 26.2 Å². The molecular formula is C26H25NO6. The molecule has 0 bridgehead atoms. The predicted octanol–water partition coefficient (Wildman–Crippen LogP) is 3.90. The Labute approximate surface area is 191 Å². The topological polar surface area (TPSA) is 86.0 Å². The molecule has 4 rings (SSSR count). The quantitative estimate of drug-likeness (QED) is 0.322. The van der Waals surface area contributed by atoms with Crippen LogP contribution in [0.5, 0.6) is 5.75 Å². The van der Waals surface area contributed by atoms with Crippen molar-refractivity contribution in [1.82, 2.24) is 0 Å². The fourth-order valence-corrected chi connectivity index (χ4v) is 4.18. The lowest BCUT2D eigenvalue weighted by Crippen LogP contribution is -2.25. The molecule has 0 atom stereocenters. The van der Waals surface area contributed by atoms with Crippen LogP contribution in [0.1, 0.15) is 25.0 Å². The van der Waals surface area contributed by atoms with Crippen LogP contribution in [0.25, 0.3) is 11.0 Å². The molecule has 0 fully saturated rings. The fourth-order valence-electron chi connectivity index (χ4n) is 4.18. The van der Waals surface area contributed by atoms with Gasteiger partial charge in [-0.15, -0.1) is 0 Å². The van der Waals surface area contributed by atoms with Crippen molar-refractivity contribution in [3.05, 3.63) is 81.9 Å². The minimum absolute atomic E-state index is 0.311. The Morgan fingerprint density at radius 1 is 1.09 bits per heavy atom. The highest BCUT2D eigenvalue weighted by Gasteiger charge is 2.38. The number of carbonyl (C=O) groups excluding carboxylic acids is 2. The molecule has 0 saturated carbocycles. The van der Waals surface area contributed by atoms with Gasteiger partial charge in [0.25, 0.3) is 0 Å². The van der Waals surface area contributed by atoms with Gasteiger partial charge in [0.1, 0.15) is 11.3 Å². The summed E-state index contributed by atoms with van der Waals surface area (Å²) in [6.07, 6.45) is 1.53. The van der Waals surface area contributed by atoms with Crippen LogP contribution in [0, 0.1) is 6.92 Å². The van der Waals surface area contributed by atoms with Gasteiger partial charge in [-0.25, -0.2) is 9.59 Å². The average molecular weight is 447 g/mol. The Balaban J connectivity index is 1.35. The minimum Gasteiger partial charge on any atom is -0.482 e. The van der Waals surface area contributed by atoms with E-state index in [0.29, 0.717) is 11.3 Å². The Morgan fingerprint density at radius 3 is 2.61 bits per heavy atom. The van der Waals surface area contributed by atoms with Gasteiger partial charge in [-0.05, 0) is 36.2 Å². The van der Waals surface area contributed by atoms with E-state index in [9.17, 15) is 14.4 Å². The number of carbonyl (C=O) groups is 2. The van der Waals surface area contributed by atoms with Gasteiger partial charge in [-0.1, -0.05) is 32.0 Å². The molecule has 0 unspecified atom stereocenters. The summed E-state index contributed by atoms with van der Waals surface area (Å²) in [4.78, 5) is 38.1. The third-order valence-corrected chi connectivity index (χ3v) is 5.89. The highest BCUT2D eigenvalue weighted by Crippen LogP contribution is 2.46. The van der Waals surface area contributed by atoms with Crippen LogP contribution in [0.3, 0.4) is 0 Å². The summed E-state index contributed by atoms with van der Waals surface area (Å²) in [5, 5.41) is 0.783. The normalized spacial score (nSPS) is 15.5. The maximum Gasteiger partial charge on any atom is 0.344 e. The number of ether oxygens (including phenoxy) is 2. The number of rotatable bonds is 6. The van der Waals surface area contributed by atoms with Gasteiger partial charge in [0, 0.05) is 47.4 Å². The smallest absolute Gasteiger partial charge is 0.344 e. The third-order valence-electron chi connectivity index (χ3n) is 5.89. The van der Waals surface area contributed by atoms with Gasteiger partial charge < -0.3 is 18.8 Å². The van der Waals surface area contributed by atoms with E-state index in [2.05, 4.69) is 13.8 Å². The van der Waals surface area contributed by atoms with E-state index < -0.39 is 11.6 Å². The van der Waals surface area contributed by atoms with E-state index in [0.717, 1.165) is 27.9 Å². The monoisotopic (exact) mass is 447 g/mol. The average Bonchev–Trinajstić information content (AvgIpc) is 2.96. The maximum atomic E-state index is 12.5. The first-order valence-corrected chi connectivity index (χ1v) is 10.6. The summed E-state index contributed by atoms with van der Waals surface area (Å²) in [6.45, 7) is 5.18. The lowest BCUT2D eigenvalue weighted by molar-refractivity contribution is -0.148. The lowest BCUT2D eigenvalue weighted by Gasteiger charge is -2.23. The number of aryl methyl sites for hydroxylation is 1. The standard InChI is InChI=1S/C26H25NO6/c1-16-11-24(29)33-22-13-18(9-10-19(16)22)31-15-25(30)32-14-17(28)12-23-26(2,3)20-7-5-6-8-21(20)27(23)4/h5-13H,14-15H2,1-4H3. The van der Waals surface area contributed by atoms with Crippen molar-refractivity contribution >= 4 is 28.4 Å². The molecule has 1 aliphatic rings. The van der Waals surface area contributed by atoms with E-state index in [1.807, 2.05) is 43.1 Å². The van der Waals surface area contributed by atoms with Crippen LogP contribution in [-0.4, -0.2) is 32.0 Å². The Hall–Kier alpha value is -3.87. The molecule has 7 heteroatoms. The second-order valence-corrected chi connectivity index (χ2v) is 8.55. The number of anilines is 1. The van der Waals surface area contributed by atoms with Crippen LogP contribution in [0.15, 0.2) is 69.5 Å². The first-order valence-electron chi connectivity index (χ1n) is 10.6. The molecule has 0 aliphatic carbocycles. The number of hydrogen-bond donors (Lipinski definition) is 0. The first kappa shape index (κ1) is 22.3. The van der Waals surface area contributed by atoms with Crippen LogP contribution >= 0.6 is 0 Å². The van der Waals surface area contributed by atoms with Crippen molar-refractivity contribution in [3.63, 3.8) is 0 Å². The van der Waals surface area contributed by atoms with E-state index in [4.69, 9.17) is 13.9 Å². The zero-order valence-corrected chi connectivity index (χ0v) is 19.0. The number of ketones is 1. The third kappa shape index (κ3) is 4.39. The Morgan fingerprint density at radius 2 is 1.85 bits per heavy atom. The van der Waals surface area contributed by atoms with E-state index in [1.165, 1.54) is 12.1 Å². The largest absolute Gasteiger partial charge is 0.482 e. The number of benzene rings is 2. The molecular weight excluding hydrogens is 422 g/mol. The van der Waals surface area contributed by atoms with Gasteiger partial charge in [-0.2, -0.15) is 0 Å². The fraction of sp³-hybridized carbons (Fsp3) is 0.269. The molecule has 0 amide bonds. The first-order chi connectivity index (χ1) is 15.7. The van der Waals surface area contributed by atoms with Gasteiger partial charge in [-0.3, -0.25) is 4.79 Å².